The second kappa shape index (κ2) is 6.55. The number of nitrogens with zero attached hydrogens (tertiary/aromatic N) is 1. The Kier molecular flexibility index (Phi) is 5.54. The highest BCUT2D eigenvalue weighted by atomic mass is 35.5. The molecule has 1 aliphatic rings. The summed E-state index contributed by atoms with van der Waals surface area (Å²) in [5.74, 6) is 0.360. The first-order valence-corrected chi connectivity index (χ1v) is 7.69. The molecule has 0 aliphatic heterocycles. The van der Waals surface area contributed by atoms with E-state index in [2.05, 4.69) is 4.72 Å². The first-order chi connectivity index (χ1) is 8.97. The minimum absolute atomic E-state index is 0. The van der Waals surface area contributed by atoms with Gasteiger partial charge in [-0.05, 0) is 49.4 Å². The number of nitrogens with one attached hydrogen (secondary N) is 1. The summed E-state index contributed by atoms with van der Waals surface area (Å²) in [6.07, 6.45) is 2.05. The van der Waals surface area contributed by atoms with E-state index >= 15 is 0 Å². The van der Waals surface area contributed by atoms with E-state index in [9.17, 15) is 8.42 Å². The van der Waals surface area contributed by atoms with Gasteiger partial charge in [0, 0.05) is 12.6 Å². The Morgan fingerprint density at radius 2 is 2.15 bits per heavy atom. The molecule has 0 heterocycles. The van der Waals surface area contributed by atoms with Crippen molar-refractivity contribution < 1.29 is 8.42 Å². The average Bonchev–Trinajstić information content (AvgIpc) is 3.19. The van der Waals surface area contributed by atoms with Gasteiger partial charge in [-0.2, -0.15) is 5.26 Å². The number of benzene rings is 1. The lowest BCUT2D eigenvalue weighted by atomic mass is 10.2. The van der Waals surface area contributed by atoms with Crippen molar-refractivity contribution in [1.29, 1.82) is 5.26 Å². The maximum Gasteiger partial charge on any atom is 0.241 e. The third-order valence-electron chi connectivity index (χ3n) is 3.35. The van der Waals surface area contributed by atoms with Crippen LogP contribution in [0.4, 0.5) is 0 Å². The molecule has 1 aromatic rings. The van der Waals surface area contributed by atoms with Gasteiger partial charge in [0.05, 0.1) is 16.5 Å². The number of nitriles is 1. The van der Waals surface area contributed by atoms with Crippen LogP contribution in [0, 0.1) is 24.2 Å². The van der Waals surface area contributed by atoms with Crippen LogP contribution in [0.2, 0.25) is 0 Å². The molecule has 110 valence electrons. The molecule has 0 spiro atoms. The standard InChI is InChI=1S/C13H17N3O2S.ClH/c1-9-6-10(7-14)2-5-13(9)19(17,18)16-12(8-15)11-3-4-11;/h2,5-6,11-12,16H,3-4,8,15H2,1H3;1H. The SMILES string of the molecule is Cc1cc(C#N)ccc1S(=O)(=O)NC(CN)C1CC1.Cl. The van der Waals surface area contributed by atoms with Crippen LogP contribution in [0.1, 0.15) is 24.0 Å². The molecule has 0 bridgehead atoms. The van der Waals surface area contributed by atoms with Gasteiger partial charge in [0.1, 0.15) is 0 Å². The van der Waals surface area contributed by atoms with Crippen molar-refractivity contribution in [3.05, 3.63) is 29.3 Å². The maximum atomic E-state index is 12.3. The highest BCUT2D eigenvalue weighted by Gasteiger charge is 2.33. The number of halogens is 1. The topological polar surface area (TPSA) is 96.0 Å². The molecule has 5 nitrogen and oxygen atoms in total. The molecule has 7 heteroatoms. The molecule has 0 saturated heterocycles. The average molecular weight is 316 g/mol. The van der Waals surface area contributed by atoms with E-state index < -0.39 is 10.0 Å². The summed E-state index contributed by atoms with van der Waals surface area (Å²) in [7, 11) is -3.57. The molecule has 2 rings (SSSR count). The third-order valence-corrected chi connectivity index (χ3v) is 5.00. The van der Waals surface area contributed by atoms with Crippen LogP contribution in [0.5, 0.6) is 0 Å². The maximum absolute atomic E-state index is 12.3. The van der Waals surface area contributed by atoms with Crippen LogP contribution in [-0.4, -0.2) is 21.0 Å². The Bertz CT molecular complexity index is 621. The smallest absolute Gasteiger partial charge is 0.241 e. The van der Waals surface area contributed by atoms with Crippen LogP contribution >= 0.6 is 12.4 Å². The fraction of sp³-hybridized carbons (Fsp3) is 0.462. The van der Waals surface area contributed by atoms with E-state index in [1.165, 1.54) is 12.1 Å². The Labute approximate surface area is 125 Å². The minimum Gasteiger partial charge on any atom is -0.329 e. The number of hydrogen-bond acceptors (Lipinski definition) is 4. The second-order valence-corrected chi connectivity index (χ2v) is 6.58. The van der Waals surface area contributed by atoms with E-state index in [-0.39, 0.29) is 23.3 Å². The van der Waals surface area contributed by atoms with Gasteiger partial charge in [0.15, 0.2) is 0 Å². The van der Waals surface area contributed by atoms with Gasteiger partial charge in [-0.25, -0.2) is 13.1 Å². The lowest BCUT2D eigenvalue weighted by Gasteiger charge is -2.17. The van der Waals surface area contributed by atoms with Crippen LogP contribution in [0.25, 0.3) is 0 Å². The van der Waals surface area contributed by atoms with Gasteiger partial charge in [-0.1, -0.05) is 0 Å². The van der Waals surface area contributed by atoms with Crippen molar-refractivity contribution in [2.24, 2.45) is 11.7 Å². The normalized spacial score (nSPS) is 16.1. The van der Waals surface area contributed by atoms with Crippen molar-refractivity contribution in [1.82, 2.24) is 4.72 Å². The fourth-order valence-electron chi connectivity index (χ4n) is 2.12. The first kappa shape index (κ1) is 16.9. The van der Waals surface area contributed by atoms with Crippen molar-refractivity contribution in [2.75, 3.05) is 6.54 Å². The van der Waals surface area contributed by atoms with E-state index in [4.69, 9.17) is 11.0 Å². The summed E-state index contributed by atoms with van der Waals surface area (Å²) >= 11 is 0. The summed E-state index contributed by atoms with van der Waals surface area (Å²) in [6, 6.07) is 6.35. The fourth-order valence-corrected chi connectivity index (χ4v) is 3.66. The Morgan fingerprint density at radius 3 is 2.60 bits per heavy atom. The van der Waals surface area contributed by atoms with Gasteiger partial charge in [0.25, 0.3) is 0 Å². The third kappa shape index (κ3) is 3.70. The monoisotopic (exact) mass is 315 g/mol. The van der Waals surface area contributed by atoms with E-state index in [0.717, 1.165) is 12.8 Å². The number of sulfonamides is 1. The molecule has 1 fully saturated rings. The van der Waals surface area contributed by atoms with Crippen molar-refractivity contribution in [3.8, 4) is 6.07 Å². The number of nitrogens with two attached hydrogens (primary N) is 1. The minimum atomic E-state index is -3.57. The first-order valence-electron chi connectivity index (χ1n) is 6.21. The molecular formula is C13H18ClN3O2S. The second-order valence-electron chi connectivity index (χ2n) is 4.89. The Balaban J connectivity index is 0.00000200. The van der Waals surface area contributed by atoms with E-state index in [1.54, 1.807) is 13.0 Å². The van der Waals surface area contributed by atoms with Crippen LogP contribution in [0.15, 0.2) is 23.1 Å². The van der Waals surface area contributed by atoms with Crippen LogP contribution in [0.3, 0.4) is 0 Å². The molecule has 0 radical (unpaired) electrons. The predicted molar refractivity (Wildman–Crippen MR) is 79.0 cm³/mol. The molecule has 0 aromatic heterocycles. The number of hydrogen-bond donors (Lipinski definition) is 2. The number of aryl methyl sites for hydroxylation is 1. The van der Waals surface area contributed by atoms with Crippen molar-refractivity contribution >= 4 is 22.4 Å². The van der Waals surface area contributed by atoms with Crippen LogP contribution < -0.4 is 10.5 Å². The highest BCUT2D eigenvalue weighted by molar-refractivity contribution is 7.89. The molecule has 1 saturated carbocycles. The molecule has 1 unspecified atom stereocenters. The number of rotatable bonds is 5. The summed E-state index contributed by atoms with van der Waals surface area (Å²) in [5.41, 5.74) is 6.63. The molecule has 20 heavy (non-hydrogen) atoms. The van der Waals surface area contributed by atoms with Crippen molar-refractivity contribution in [3.63, 3.8) is 0 Å². The Hall–Kier alpha value is -1.13. The summed E-state index contributed by atoms with van der Waals surface area (Å²) in [5, 5.41) is 8.79. The summed E-state index contributed by atoms with van der Waals surface area (Å²) in [4.78, 5) is 0.214. The molecular weight excluding hydrogens is 298 g/mol. The van der Waals surface area contributed by atoms with Gasteiger partial charge in [-0.3, -0.25) is 0 Å². The van der Waals surface area contributed by atoms with Crippen LogP contribution in [-0.2, 0) is 10.0 Å². The zero-order valence-electron chi connectivity index (χ0n) is 11.2. The lowest BCUT2D eigenvalue weighted by Crippen LogP contribution is -2.41. The summed E-state index contributed by atoms with van der Waals surface area (Å²) < 4.78 is 27.3. The van der Waals surface area contributed by atoms with Gasteiger partial charge < -0.3 is 5.73 Å². The lowest BCUT2D eigenvalue weighted by molar-refractivity contribution is 0.519. The largest absolute Gasteiger partial charge is 0.329 e. The molecule has 1 aromatic carbocycles. The zero-order valence-corrected chi connectivity index (χ0v) is 12.8. The Morgan fingerprint density at radius 1 is 1.50 bits per heavy atom. The van der Waals surface area contributed by atoms with Gasteiger partial charge in [0.2, 0.25) is 10.0 Å². The van der Waals surface area contributed by atoms with Crippen molar-refractivity contribution in [2.45, 2.75) is 30.7 Å². The molecule has 1 atom stereocenters. The predicted octanol–water partition coefficient (Wildman–Crippen LogP) is 1.30. The van der Waals surface area contributed by atoms with Gasteiger partial charge in [-0.15, -0.1) is 12.4 Å². The van der Waals surface area contributed by atoms with E-state index in [1.807, 2.05) is 6.07 Å². The highest BCUT2D eigenvalue weighted by Crippen LogP contribution is 2.33. The van der Waals surface area contributed by atoms with E-state index in [0.29, 0.717) is 23.6 Å². The zero-order chi connectivity index (χ0) is 14.0. The molecule has 3 N–H and O–H groups in total. The molecule has 0 amide bonds. The quantitative estimate of drug-likeness (QED) is 0.856. The summed E-state index contributed by atoms with van der Waals surface area (Å²) in [6.45, 7) is 1.99. The van der Waals surface area contributed by atoms with Gasteiger partial charge >= 0.3 is 0 Å². The molecule has 1 aliphatic carbocycles.